The molecule has 2 aromatic rings. The van der Waals surface area contributed by atoms with E-state index in [0.29, 0.717) is 13.2 Å². The molecule has 0 fully saturated rings. The lowest BCUT2D eigenvalue weighted by atomic mass is 10.2. The van der Waals surface area contributed by atoms with Gasteiger partial charge in [-0.1, -0.05) is 66.2 Å². The smallest absolute Gasteiger partial charge is 0.0721 e. The summed E-state index contributed by atoms with van der Waals surface area (Å²) in [5.74, 6) is 0. The monoisotopic (exact) mass is 258 g/mol. The van der Waals surface area contributed by atoms with Crippen LogP contribution in [0.2, 0.25) is 5.02 Å². The van der Waals surface area contributed by atoms with E-state index in [0.717, 1.165) is 10.6 Å². The van der Waals surface area contributed by atoms with Crippen LogP contribution in [0.4, 0.5) is 0 Å². The minimum absolute atomic E-state index is 0.609. The van der Waals surface area contributed by atoms with Gasteiger partial charge in [-0.25, -0.2) is 0 Å². The molecule has 18 heavy (non-hydrogen) atoms. The summed E-state index contributed by atoms with van der Waals surface area (Å²) in [5.41, 5.74) is 2.32. The Balaban J connectivity index is 1.74. The standard InChI is InChI=1S/C16H15ClO/c17-16-10-8-14(9-11-16)7-4-12-18-13-15-5-2-1-3-6-15/h1-11H,12-13H2/b7-4+. The van der Waals surface area contributed by atoms with Gasteiger partial charge in [0.05, 0.1) is 13.2 Å². The fourth-order valence-electron chi connectivity index (χ4n) is 1.58. The van der Waals surface area contributed by atoms with E-state index in [9.17, 15) is 0 Å². The maximum atomic E-state index is 5.81. The molecule has 0 spiro atoms. The van der Waals surface area contributed by atoms with E-state index >= 15 is 0 Å². The molecule has 1 nitrogen and oxygen atoms in total. The summed E-state index contributed by atoms with van der Waals surface area (Å²) in [5, 5.41) is 0.757. The van der Waals surface area contributed by atoms with Crippen LogP contribution in [0.3, 0.4) is 0 Å². The van der Waals surface area contributed by atoms with Crippen LogP contribution in [-0.2, 0) is 11.3 Å². The minimum Gasteiger partial charge on any atom is -0.373 e. The van der Waals surface area contributed by atoms with Crippen molar-refractivity contribution >= 4 is 17.7 Å². The van der Waals surface area contributed by atoms with Gasteiger partial charge < -0.3 is 4.74 Å². The number of hydrogen-bond acceptors (Lipinski definition) is 1. The molecule has 0 saturated heterocycles. The van der Waals surface area contributed by atoms with Crippen molar-refractivity contribution in [3.05, 3.63) is 76.8 Å². The first kappa shape index (κ1) is 12.9. The number of ether oxygens (including phenoxy) is 1. The Hall–Kier alpha value is -1.57. The van der Waals surface area contributed by atoms with Crippen LogP contribution < -0.4 is 0 Å². The average Bonchev–Trinajstić information content (AvgIpc) is 2.42. The van der Waals surface area contributed by atoms with Gasteiger partial charge in [-0.3, -0.25) is 0 Å². The van der Waals surface area contributed by atoms with Crippen molar-refractivity contribution in [2.24, 2.45) is 0 Å². The van der Waals surface area contributed by atoms with Gasteiger partial charge in [0.25, 0.3) is 0 Å². The summed E-state index contributed by atoms with van der Waals surface area (Å²) in [6.07, 6.45) is 4.04. The van der Waals surface area contributed by atoms with E-state index in [2.05, 4.69) is 12.1 Å². The number of halogens is 1. The lowest BCUT2D eigenvalue weighted by Crippen LogP contribution is -1.91. The van der Waals surface area contributed by atoms with Crippen molar-refractivity contribution in [1.29, 1.82) is 0 Å². The first-order chi connectivity index (χ1) is 8.84. The second-order valence-electron chi connectivity index (χ2n) is 3.95. The lowest BCUT2D eigenvalue weighted by Gasteiger charge is -2.00. The molecule has 0 saturated carbocycles. The van der Waals surface area contributed by atoms with E-state index < -0.39 is 0 Å². The molecule has 0 aliphatic rings. The Labute approximate surface area is 113 Å². The average molecular weight is 259 g/mol. The van der Waals surface area contributed by atoms with Gasteiger partial charge in [0.15, 0.2) is 0 Å². The second-order valence-corrected chi connectivity index (χ2v) is 4.39. The zero-order valence-corrected chi connectivity index (χ0v) is 10.8. The van der Waals surface area contributed by atoms with Gasteiger partial charge in [0.2, 0.25) is 0 Å². The van der Waals surface area contributed by atoms with Crippen LogP contribution in [0.5, 0.6) is 0 Å². The molecule has 0 aromatic heterocycles. The molecule has 0 heterocycles. The number of benzene rings is 2. The molecule has 2 heteroatoms. The Morgan fingerprint density at radius 3 is 2.39 bits per heavy atom. The molecule has 0 aliphatic carbocycles. The normalized spacial score (nSPS) is 10.9. The highest BCUT2D eigenvalue weighted by Gasteiger charge is 1.90. The van der Waals surface area contributed by atoms with Crippen molar-refractivity contribution in [2.75, 3.05) is 6.61 Å². The molecular weight excluding hydrogens is 244 g/mol. The van der Waals surface area contributed by atoms with Gasteiger partial charge in [-0.2, -0.15) is 0 Å². The molecule has 0 N–H and O–H groups in total. The Kier molecular flexibility index (Phi) is 5.00. The lowest BCUT2D eigenvalue weighted by molar-refractivity contribution is 0.149. The highest BCUT2D eigenvalue weighted by molar-refractivity contribution is 6.30. The highest BCUT2D eigenvalue weighted by atomic mass is 35.5. The van der Waals surface area contributed by atoms with E-state index in [1.54, 1.807) is 0 Å². The maximum Gasteiger partial charge on any atom is 0.0721 e. The fourth-order valence-corrected chi connectivity index (χ4v) is 1.70. The summed E-state index contributed by atoms with van der Waals surface area (Å²) in [7, 11) is 0. The van der Waals surface area contributed by atoms with Crippen molar-refractivity contribution in [2.45, 2.75) is 6.61 Å². The van der Waals surface area contributed by atoms with Gasteiger partial charge in [0.1, 0.15) is 0 Å². The van der Waals surface area contributed by atoms with E-state index in [1.165, 1.54) is 5.56 Å². The van der Waals surface area contributed by atoms with Gasteiger partial charge in [-0.05, 0) is 23.3 Å². The predicted octanol–water partition coefficient (Wildman–Crippen LogP) is 4.57. The van der Waals surface area contributed by atoms with Crippen molar-refractivity contribution in [3.63, 3.8) is 0 Å². The van der Waals surface area contributed by atoms with E-state index in [-0.39, 0.29) is 0 Å². The molecule has 2 aromatic carbocycles. The minimum atomic E-state index is 0.609. The first-order valence-corrected chi connectivity index (χ1v) is 6.26. The molecular formula is C16H15ClO. The zero-order valence-electron chi connectivity index (χ0n) is 10.1. The molecule has 0 aliphatic heterocycles. The van der Waals surface area contributed by atoms with Crippen LogP contribution in [0.1, 0.15) is 11.1 Å². The third kappa shape index (κ3) is 4.36. The SMILES string of the molecule is Clc1ccc(/C=C/COCc2ccccc2)cc1. The molecule has 0 radical (unpaired) electrons. The van der Waals surface area contributed by atoms with Crippen LogP contribution >= 0.6 is 11.6 Å². The Morgan fingerprint density at radius 2 is 1.67 bits per heavy atom. The van der Waals surface area contributed by atoms with Gasteiger partial charge >= 0.3 is 0 Å². The van der Waals surface area contributed by atoms with Crippen LogP contribution in [0.15, 0.2) is 60.7 Å². The highest BCUT2D eigenvalue weighted by Crippen LogP contribution is 2.10. The third-order valence-electron chi connectivity index (χ3n) is 2.51. The Bertz CT molecular complexity index is 488. The molecule has 0 unspecified atom stereocenters. The largest absolute Gasteiger partial charge is 0.373 e. The fraction of sp³-hybridized carbons (Fsp3) is 0.125. The quantitative estimate of drug-likeness (QED) is 0.714. The van der Waals surface area contributed by atoms with Crippen molar-refractivity contribution < 1.29 is 4.74 Å². The third-order valence-corrected chi connectivity index (χ3v) is 2.76. The summed E-state index contributed by atoms with van der Waals surface area (Å²) in [6.45, 7) is 1.25. The van der Waals surface area contributed by atoms with Crippen LogP contribution in [-0.4, -0.2) is 6.61 Å². The second kappa shape index (κ2) is 7.00. The number of hydrogen-bond donors (Lipinski definition) is 0. The zero-order chi connectivity index (χ0) is 12.6. The van der Waals surface area contributed by atoms with E-state index in [4.69, 9.17) is 16.3 Å². The van der Waals surface area contributed by atoms with Crippen molar-refractivity contribution in [1.82, 2.24) is 0 Å². The molecule has 92 valence electrons. The summed E-state index contributed by atoms with van der Waals surface area (Å²) < 4.78 is 5.55. The Morgan fingerprint density at radius 1 is 0.944 bits per heavy atom. The van der Waals surface area contributed by atoms with Crippen LogP contribution in [0.25, 0.3) is 6.08 Å². The first-order valence-electron chi connectivity index (χ1n) is 5.88. The number of rotatable bonds is 5. The molecule has 0 atom stereocenters. The van der Waals surface area contributed by atoms with Gasteiger partial charge in [-0.15, -0.1) is 0 Å². The molecule has 0 amide bonds. The van der Waals surface area contributed by atoms with E-state index in [1.807, 2.05) is 54.6 Å². The van der Waals surface area contributed by atoms with Crippen molar-refractivity contribution in [3.8, 4) is 0 Å². The topological polar surface area (TPSA) is 9.23 Å². The molecule has 0 bridgehead atoms. The summed E-state index contributed by atoms with van der Waals surface area (Å²) in [6, 6.07) is 17.9. The summed E-state index contributed by atoms with van der Waals surface area (Å²) in [4.78, 5) is 0. The van der Waals surface area contributed by atoms with Crippen LogP contribution in [0, 0.1) is 0 Å². The maximum absolute atomic E-state index is 5.81. The predicted molar refractivity (Wildman–Crippen MR) is 76.6 cm³/mol. The molecule has 2 rings (SSSR count). The summed E-state index contributed by atoms with van der Waals surface area (Å²) >= 11 is 5.81. The van der Waals surface area contributed by atoms with Gasteiger partial charge in [0, 0.05) is 5.02 Å².